The number of fused-ring (bicyclic) bond motifs is 1. The van der Waals surface area contributed by atoms with Gasteiger partial charge in [-0.25, -0.2) is 9.78 Å². The number of carbonyl (C=O) groups is 2. The fourth-order valence-electron chi connectivity index (χ4n) is 6.69. The molecule has 3 N–H and O–H groups in total. The van der Waals surface area contributed by atoms with Crippen molar-refractivity contribution in [2.45, 2.75) is 32.7 Å². The molecule has 0 unspecified atom stereocenters. The molecule has 1 fully saturated rings. The average Bonchev–Trinajstić information content (AvgIpc) is 3.62. The predicted octanol–water partition coefficient (Wildman–Crippen LogP) is 3.99. The fraction of sp³-hybridized carbons (Fsp3) is 0.343. The van der Waals surface area contributed by atoms with Gasteiger partial charge in [0.2, 0.25) is 11.8 Å². The lowest BCUT2D eigenvalue weighted by atomic mass is 9.96. The first-order valence-electron chi connectivity index (χ1n) is 15.5. The largest absolute Gasteiger partial charge is 0.481 e. The maximum absolute atomic E-state index is 13.2. The number of nitrogens with zero attached hydrogens (tertiary/aromatic N) is 3. The van der Waals surface area contributed by atoms with Gasteiger partial charge in [-0.1, -0.05) is 48.9 Å². The van der Waals surface area contributed by atoms with Crippen LogP contribution in [0.25, 0.3) is 22.4 Å². The molecule has 0 saturated carbocycles. The molecule has 3 heterocycles. The molecular weight excluding hydrogens is 620 g/mol. The van der Waals surface area contributed by atoms with E-state index in [2.05, 4.69) is 28.9 Å². The van der Waals surface area contributed by atoms with Gasteiger partial charge in [0.25, 0.3) is 11.5 Å². The minimum absolute atomic E-state index is 0.0561. The lowest BCUT2D eigenvalue weighted by Crippen LogP contribution is -2.40. The summed E-state index contributed by atoms with van der Waals surface area (Å²) in [5, 5.41) is 9.91. The summed E-state index contributed by atoms with van der Waals surface area (Å²) in [5.41, 5.74) is 5.10. The Kier molecular flexibility index (Phi) is 8.78. The van der Waals surface area contributed by atoms with Crippen molar-refractivity contribution in [1.29, 1.82) is 0 Å². The molecule has 4 aromatic rings. The Labute approximate surface area is 276 Å². The highest BCUT2D eigenvalue weighted by atomic mass is 35.5. The normalized spacial score (nSPS) is 18.6. The Hall–Kier alpha value is -4.74. The Morgan fingerprint density at radius 1 is 1.09 bits per heavy atom. The third-order valence-electron chi connectivity index (χ3n) is 9.25. The average molecular weight is 657 g/mol. The minimum Gasteiger partial charge on any atom is -0.481 e. The summed E-state index contributed by atoms with van der Waals surface area (Å²) < 4.78 is 7.93. The summed E-state index contributed by atoms with van der Waals surface area (Å²) in [4.78, 5) is 54.5. The molecule has 2 aromatic carbocycles. The summed E-state index contributed by atoms with van der Waals surface area (Å²) in [6, 6.07) is 13.4. The van der Waals surface area contributed by atoms with E-state index >= 15 is 0 Å². The highest BCUT2D eigenvalue weighted by Gasteiger charge is 2.35. The van der Waals surface area contributed by atoms with E-state index in [9.17, 15) is 19.2 Å². The van der Waals surface area contributed by atoms with Gasteiger partial charge in [-0.15, -0.1) is 0 Å². The second kappa shape index (κ2) is 12.8. The molecular formula is C35H37ClN6O5. The molecule has 244 valence electrons. The van der Waals surface area contributed by atoms with E-state index in [1.54, 1.807) is 13.2 Å². The summed E-state index contributed by atoms with van der Waals surface area (Å²) >= 11 is 7.12. The maximum atomic E-state index is 13.2. The molecule has 2 aromatic heterocycles. The van der Waals surface area contributed by atoms with E-state index in [0.717, 1.165) is 50.9 Å². The topological polar surface area (TPSA) is 136 Å². The SMILES string of the molecule is COc1nc(-c2cccc(-c3cccc(NC(=O)c4cn(C)c(=O)n(C)c4=O)c3C)c2Cl)cc2c1[C@@H](NC[C@@H]1CNC(=O)C1)[C@@H](C)C2. The van der Waals surface area contributed by atoms with E-state index < -0.39 is 17.2 Å². The number of anilines is 1. The predicted molar refractivity (Wildman–Crippen MR) is 181 cm³/mol. The lowest BCUT2D eigenvalue weighted by molar-refractivity contribution is -0.119. The first-order chi connectivity index (χ1) is 22.5. The van der Waals surface area contributed by atoms with Gasteiger partial charge in [0, 0.05) is 68.2 Å². The molecule has 12 heteroatoms. The molecule has 0 bridgehead atoms. The van der Waals surface area contributed by atoms with Crippen LogP contribution in [-0.4, -0.2) is 46.1 Å². The standard InChI is InChI=1S/C35H37ClN6O5/c1-18-12-21-14-27(40-33(47-5)29(21)31(18)38-16-20-13-28(43)37-15-20)24-10-6-9-23(30(24)36)22-8-7-11-26(19(22)2)39-32(44)25-17-41(3)35(46)42(4)34(25)45/h6-11,14,17-18,20,31,38H,12-13,15-16H2,1-5H3,(H,37,43)(H,39,44)/t18-,20-,31-/m0/s1. The lowest BCUT2D eigenvalue weighted by Gasteiger charge is -2.22. The Balaban J connectivity index is 1.31. The fourth-order valence-corrected chi connectivity index (χ4v) is 7.01. The summed E-state index contributed by atoms with van der Waals surface area (Å²) in [5.74, 6) is 0.594. The number of methoxy groups -OCH3 is 1. The molecule has 0 radical (unpaired) electrons. The molecule has 0 spiro atoms. The Bertz CT molecular complexity index is 2040. The molecule has 1 saturated heterocycles. The molecule has 47 heavy (non-hydrogen) atoms. The van der Waals surface area contributed by atoms with Crippen molar-refractivity contribution < 1.29 is 14.3 Å². The van der Waals surface area contributed by atoms with Crippen molar-refractivity contribution in [2.75, 3.05) is 25.5 Å². The van der Waals surface area contributed by atoms with Crippen molar-refractivity contribution in [2.24, 2.45) is 25.9 Å². The van der Waals surface area contributed by atoms with Crippen molar-refractivity contribution in [3.05, 3.63) is 96.8 Å². The molecule has 2 aliphatic rings. The highest BCUT2D eigenvalue weighted by molar-refractivity contribution is 6.36. The minimum atomic E-state index is -0.675. The molecule has 3 atom stereocenters. The van der Waals surface area contributed by atoms with E-state index in [0.29, 0.717) is 41.2 Å². The number of nitrogens with one attached hydrogen (secondary N) is 3. The Morgan fingerprint density at radius 3 is 2.53 bits per heavy atom. The van der Waals surface area contributed by atoms with E-state index in [1.807, 2.05) is 37.3 Å². The number of carbonyl (C=O) groups excluding carboxylic acids is 2. The quantitative estimate of drug-likeness (QED) is 0.261. The summed E-state index contributed by atoms with van der Waals surface area (Å²) in [7, 11) is 4.45. The monoisotopic (exact) mass is 656 g/mol. The van der Waals surface area contributed by atoms with Crippen LogP contribution in [0.1, 0.15) is 46.4 Å². The van der Waals surface area contributed by atoms with Crippen LogP contribution in [-0.2, 0) is 25.3 Å². The Morgan fingerprint density at radius 2 is 1.81 bits per heavy atom. The number of rotatable bonds is 8. The molecule has 2 amide bonds. The van der Waals surface area contributed by atoms with Crippen molar-refractivity contribution in [1.82, 2.24) is 24.8 Å². The number of hydrogen-bond donors (Lipinski definition) is 3. The number of ether oxygens (including phenoxy) is 1. The van der Waals surface area contributed by atoms with Gasteiger partial charge in [-0.2, -0.15) is 0 Å². The first kappa shape index (κ1) is 32.2. The maximum Gasteiger partial charge on any atom is 0.330 e. The summed E-state index contributed by atoms with van der Waals surface area (Å²) in [6.45, 7) is 5.49. The molecule has 1 aliphatic carbocycles. The number of pyridine rings is 1. The van der Waals surface area contributed by atoms with Crippen LogP contribution in [0.15, 0.2) is 58.3 Å². The zero-order valence-electron chi connectivity index (χ0n) is 26.9. The van der Waals surface area contributed by atoms with Crippen LogP contribution in [0, 0.1) is 18.8 Å². The van der Waals surface area contributed by atoms with Gasteiger partial charge in [-0.05, 0) is 54.0 Å². The third-order valence-corrected chi connectivity index (χ3v) is 9.66. The van der Waals surface area contributed by atoms with E-state index in [4.69, 9.17) is 21.3 Å². The number of aromatic nitrogens is 3. The van der Waals surface area contributed by atoms with Gasteiger partial charge in [0.1, 0.15) is 5.56 Å². The van der Waals surface area contributed by atoms with E-state index in [1.165, 1.54) is 24.9 Å². The van der Waals surface area contributed by atoms with Crippen LogP contribution in [0.3, 0.4) is 0 Å². The van der Waals surface area contributed by atoms with Crippen molar-refractivity contribution >= 4 is 29.1 Å². The second-order valence-corrected chi connectivity index (χ2v) is 12.8. The van der Waals surface area contributed by atoms with Crippen LogP contribution in [0.2, 0.25) is 5.02 Å². The first-order valence-corrected chi connectivity index (χ1v) is 15.9. The van der Waals surface area contributed by atoms with Crippen molar-refractivity contribution in [3.63, 3.8) is 0 Å². The number of halogens is 1. The van der Waals surface area contributed by atoms with Crippen molar-refractivity contribution in [3.8, 4) is 28.3 Å². The highest BCUT2D eigenvalue weighted by Crippen LogP contribution is 2.45. The third kappa shape index (κ3) is 5.96. The zero-order valence-corrected chi connectivity index (χ0v) is 27.7. The number of benzene rings is 2. The van der Waals surface area contributed by atoms with Gasteiger partial charge in [0.15, 0.2) is 0 Å². The number of aryl methyl sites for hydroxylation is 1. The van der Waals surface area contributed by atoms with Gasteiger partial charge in [-0.3, -0.25) is 19.0 Å². The molecule has 1 aliphatic heterocycles. The summed E-state index contributed by atoms with van der Waals surface area (Å²) in [6.07, 6.45) is 2.62. The van der Waals surface area contributed by atoms with Gasteiger partial charge < -0.3 is 25.3 Å². The van der Waals surface area contributed by atoms with Crippen LogP contribution < -0.4 is 31.9 Å². The van der Waals surface area contributed by atoms with E-state index in [-0.39, 0.29) is 23.4 Å². The van der Waals surface area contributed by atoms with Crippen LogP contribution >= 0.6 is 11.6 Å². The smallest absolute Gasteiger partial charge is 0.330 e. The van der Waals surface area contributed by atoms with Crippen LogP contribution in [0.4, 0.5) is 5.69 Å². The molecule has 6 rings (SSSR count). The zero-order chi connectivity index (χ0) is 33.6. The number of amides is 2. The second-order valence-electron chi connectivity index (χ2n) is 12.4. The van der Waals surface area contributed by atoms with Crippen LogP contribution in [0.5, 0.6) is 5.88 Å². The van der Waals surface area contributed by atoms with Gasteiger partial charge in [0.05, 0.1) is 17.8 Å². The number of hydrogen-bond acceptors (Lipinski definition) is 7. The van der Waals surface area contributed by atoms with Gasteiger partial charge >= 0.3 is 5.69 Å². The molecule has 11 nitrogen and oxygen atoms in total.